The van der Waals surface area contributed by atoms with Gasteiger partial charge in [0, 0.05) is 12.2 Å². The minimum absolute atomic E-state index is 0.0980. The lowest BCUT2D eigenvalue weighted by Gasteiger charge is -2.33. The van der Waals surface area contributed by atoms with Crippen LogP contribution in [0.15, 0.2) is 42.5 Å². The predicted molar refractivity (Wildman–Crippen MR) is 80.0 cm³/mol. The maximum absolute atomic E-state index is 13.0. The summed E-state index contributed by atoms with van der Waals surface area (Å²) in [4.78, 5) is 18.5. The van der Waals surface area contributed by atoms with Gasteiger partial charge in [-0.25, -0.2) is 9.37 Å². The van der Waals surface area contributed by atoms with Crippen molar-refractivity contribution in [3.05, 3.63) is 65.2 Å². The fourth-order valence-electron chi connectivity index (χ4n) is 2.54. The van der Waals surface area contributed by atoms with E-state index in [1.54, 1.807) is 23.1 Å². The van der Waals surface area contributed by atoms with E-state index >= 15 is 0 Å². The first-order chi connectivity index (χ1) is 10.6. The standard InChI is InChI=1S/C17H17FN2O2/c1-12-3-2-4-15(19-12)17(21)20-9-10-22-16(11-20)13-5-7-14(18)8-6-13/h2-8,16H,9-11H2,1H3. The molecule has 1 aromatic heterocycles. The van der Waals surface area contributed by atoms with Crippen molar-refractivity contribution in [3.8, 4) is 0 Å². The van der Waals surface area contributed by atoms with Gasteiger partial charge in [0.15, 0.2) is 0 Å². The van der Waals surface area contributed by atoms with Gasteiger partial charge >= 0.3 is 0 Å². The Morgan fingerprint density at radius 1 is 1.27 bits per heavy atom. The monoisotopic (exact) mass is 300 g/mol. The third kappa shape index (κ3) is 3.14. The number of rotatable bonds is 2. The van der Waals surface area contributed by atoms with Gasteiger partial charge in [-0.05, 0) is 36.8 Å². The Hall–Kier alpha value is -2.27. The van der Waals surface area contributed by atoms with Crippen molar-refractivity contribution in [3.63, 3.8) is 0 Å². The van der Waals surface area contributed by atoms with Crippen molar-refractivity contribution < 1.29 is 13.9 Å². The zero-order valence-electron chi connectivity index (χ0n) is 12.3. The Labute approximate surface area is 128 Å². The van der Waals surface area contributed by atoms with Gasteiger partial charge in [-0.15, -0.1) is 0 Å². The average Bonchev–Trinajstić information content (AvgIpc) is 2.55. The number of nitrogens with zero attached hydrogens (tertiary/aromatic N) is 2. The lowest BCUT2D eigenvalue weighted by molar-refractivity contribution is -0.0230. The topological polar surface area (TPSA) is 42.4 Å². The van der Waals surface area contributed by atoms with Crippen molar-refractivity contribution in [1.29, 1.82) is 0 Å². The SMILES string of the molecule is Cc1cccc(C(=O)N2CCOC(c3ccc(F)cc3)C2)n1. The number of hydrogen-bond donors (Lipinski definition) is 0. The number of halogens is 1. The summed E-state index contributed by atoms with van der Waals surface area (Å²) in [6.07, 6.45) is -0.233. The number of carbonyl (C=O) groups is 1. The van der Waals surface area contributed by atoms with Crippen LogP contribution in [0.4, 0.5) is 4.39 Å². The van der Waals surface area contributed by atoms with Crippen LogP contribution >= 0.6 is 0 Å². The highest BCUT2D eigenvalue weighted by molar-refractivity contribution is 5.92. The fourth-order valence-corrected chi connectivity index (χ4v) is 2.54. The smallest absolute Gasteiger partial charge is 0.272 e. The molecular formula is C17H17FN2O2. The summed E-state index contributed by atoms with van der Waals surface area (Å²) in [6, 6.07) is 11.6. The van der Waals surface area contributed by atoms with Gasteiger partial charge in [0.05, 0.1) is 13.2 Å². The summed E-state index contributed by atoms with van der Waals surface area (Å²) in [5.41, 5.74) is 2.13. The number of ether oxygens (including phenoxy) is 1. The van der Waals surface area contributed by atoms with Crippen LogP contribution in [0.3, 0.4) is 0 Å². The maximum Gasteiger partial charge on any atom is 0.272 e. The second-order valence-electron chi connectivity index (χ2n) is 5.33. The van der Waals surface area contributed by atoms with Crippen LogP contribution in [0.25, 0.3) is 0 Å². The van der Waals surface area contributed by atoms with Gasteiger partial charge in [-0.3, -0.25) is 4.79 Å². The van der Waals surface area contributed by atoms with Crippen molar-refractivity contribution >= 4 is 5.91 Å². The zero-order chi connectivity index (χ0) is 15.5. The molecule has 114 valence electrons. The van der Waals surface area contributed by atoms with Crippen LogP contribution in [-0.4, -0.2) is 35.5 Å². The Morgan fingerprint density at radius 3 is 2.77 bits per heavy atom. The highest BCUT2D eigenvalue weighted by Crippen LogP contribution is 2.23. The molecule has 0 bridgehead atoms. The van der Waals surface area contributed by atoms with E-state index in [0.29, 0.717) is 25.4 Å². The van der Waals surface area contributed by atoms with E-state index < -0.39 is 0 Å². The molecule has 4 nitrogen and oxygen atoms in total. The van der Waals surface area contributed by atoms with Gasteiger partial charge in [0.2, 0.25) is 0 Å². The van der Waals surface area contributed by atoms with E-state index in [1.807, 2.05) is 19.1 Å². The molecule has 0 saturated carbocycles. The van der Waals surface area contributed by atoms with Crippen LogP contribution in [0.5, 0.6) is 0 Å². The summed E-state index contributed by atoms with van der Waals surface area (Å²) < 4.78 is 18.7. The normalized spacial score (nSPS) is 18.3. The minimum atomic E-state index is -0.281. The number of benzene rings is 1. The van der Waals surface area contributed by atoms with Gasteiger partial charge in [0.1, 0.15) is 17.6 Å². The van der Waals surface area contributed by atoms with Crippen LogP contribution < -0.4 is 0 Å². The molecule has 1 amide bonds. The molecule has 22 heavy (non-hydrogen) atoms. The number of pyridine rings is 1. The molecule has 2 aromatic rings. The predicted octanol–water partition coefficient (Wildman–Crippen LogP) is 2.74. The molecule has 1 aromatic carbocycles. The Morgan fingerprint density at radius 2 is 2.05 bits per heavy atom. The number of morpholine rings is 1. The number of hydrogen-bond acceptors (Lipinski definition) is 3. The number of aryl methyl sites for hydroxylation is 1. The quantitative estimate of drug-likeness (QED) is 0.856. The Bertz CT molecular complexity index is 673. The van der Waals surface area contributed by atoms with Crippen molar-refractivity contribution in [2.75, 3.05) is 19.7 Å². The number of carbonyl (C=O) groups excluding carboxylic acids is 1. The lowest BCUT2D eigenvalue weighted by atomic mass is 10.1. The van der Waals surface area contributed by atoms with Gasteiger partial charge in [-0.1, -0.05) is 18.2 Å². The zero-order valence-corrected chi connectivity index (χ0v) is 12.3. The molecule has 2 heterocycles. The summed E-state index contributed by atoms with van der Waals surface area (Å²) >= 11 is 0. The molecule has 3 rings (SSSR count). The van der Waals surface area contributed by atoms with E-state index in [9.17, 15) is 9.18 Å². The first-order valence-electron chi connectivity index (χ1n) is 7.23. The van der Waals surface area contributed by atoms with E-state index in [0.717, 1.165) is 11.3 Å². The summed E-state index contributed by atoms with van der Waals surface area (Å²) in [5, 5.41) is 0. The maximum atomic E-state index is 13.0. The van der Waals surface area contributed by atoms with E-state index in [-0.39, 0.29) is 17.8 Å². The third-order valence-electron chi connectivity index (χ3n) is 3.70. The molecule has 0 aliphatic carbocycles. The average molecular weight is 300 g/mol. The van der Waals surface area contributed by atoms with Gasteiger partial charge in [0.25, 0.3) is 5.91 Å². The first-order valence-corrected chi connectivity index (χ1v) is 7.23. The van der Waals surface area contributed by atoms with Crippen LogP contribution in [0.2, 0.25) is 0 Å². The lowest BCUT2D eigenvalue weighted by Crippen LogP contribution is -2.42. The van der Waals surface area contributed by atoms with E-state index in [4.69, 9.17) is 4.74 Å². The van der Waals surface area contributed by atoms with Crippen LogP contribution in [0, 0.1) is 12.7 Å². The second-order valence-corrected chi connectivity index (χ2v) is 5.33. The molecule has 1 aliphatic rings. The number of aromatic nitrogens is 1. The third-order valence-corrected chi connectivity index (χ3v) is 3.70. The Balaban J connectivity index is 1.75. The highest BCUT2D eigenvalue weighted by atomic mass is 19.1. The number of amides is 1. The Kier molecular flexibility index (Phi) is 4.15. The highest BCUT2D eigenvalue weighted by Gasteiger charge is 2.26. The van der Waals surface area contributed by atoms with Crippen molar-refractivity contribution in [2.24, 2.45) is 0 Å². The molecule has 0 N–H and O–H groups in total. The molecule has 1 atom stereocenters. The van der Waals surface area contributed by atoms with Crippen molar-refractivity contribution in [2.45, 2.75) is 13.0 Å². The molecule has 1 aliphatic heterocycles. The summed E-state index contributed by atoms with van der Waals surface area (Å²) in [6.45, 7) is 3.29. The van der Waals surface area contributed by atoms with Crippen molar-refractivity contribution in [1.82, 2.24) is 9.88 Å². The first kappa shape index (κ1) is 14.7. The largest absolute Gasteiger partial charge is 0.370 e. The van der Waals surface area contributed by atoms with Gasteiger partial charge in [-0.2, -0.15) is 0 Å². The molecule has 1 fully saturated rings. The van der Waals surface area contributed by atoms with E-state index in [2.05, 4.69) is 4.98 Å². The van der Waals surface area contributed by atoms with Crippen LogP contribution in [-0.2, 0) is 4.74 Å². The molecule has 1 saturated heterocycles. The minimum Gasteiger partial charge on any atom is -0.370 e. The second kappa shape index (κ2) is 6.23. The summed E-state index contributed by atoms with van der Waals surface area (Å²) in [5.74, 6) is -0.379. The molecule has 5 heteroatoms. The molecule has 1 unspecified atom stereocenters. The van der Waals surface area contributed by atoms with E-state index in [1.165, 1.54) is 12.1 Å². The molecule has 0 radical (unpaired) electrons. The fraction of sp³-hybridized carbons (Fsp3) is 0.294. The van der Waals surface area contributed by atoms with Gasteiger partial charge < -0.3 is 9.64 Å². The molecule has 0 spiro atoms. The molecular weight excluding hydrogens is 283 g/mol. The van der Waals surface area contributed by atoms with Crippen LogP contribution in [0.1, 0.15) is 27.8 Å². The summed E-state index contributed by atoms with van der Waals surface area (Å²) in [7, 11) is 0.